The molecule has 0 saturated carbocycles. The predicted octanol–water partition coefficient (Wildman–Crippen LogP) is 1.64. The highest BCUT2D eigenvalue weighted by Crippen LogP contribution is 2.37. The first-order chi connectivity index (χ1) is 10.6. The Morgan fingerprint density at radius 2 is 2.18 bits per heavy atom. The van der Waals surface area contributed by atoms with E-state index in [0.29, 0.717) is 5.92 Å². The summed E-state index contributed by atoms with van der Waals surface area (Å²) in [5, 5.41) is 12.3. The summed E-state index contributed by atoms with van der Waals surface area (Å²) in [6, 6.07) is 0. The van der Waals surface area contributed by atoms with Gasteiger partial charge in [-0.3, -0.25) is 9.36 Å². The van der Waals surface area contributed by atoms with Crippen molar-refractivity contribution < 1.29 is 4.74 Å². The molecule has 1 saturated heterocycles. The molecule has 3 rings (SSSR count). The highest BCUT2D eigenvalue weighted by atomic mass is 16.5. The molecule has 2 aromatic heterocycles. The van der Waals surface area contributed by atoms with Crippen LogP contribution in [0.25, 0.3) is 0 Å². The van der Waals surface area contributed by atoms with Gasteiger partial charge in [0.1, 0.15) is 0 Å². The number of nitrogens with zero attached hydrogens (tertiary/aromatic N) is 4. The van der Waals surface area contributed by atoms with Crippen LogP contribution in [0, 0.1) is 19.8 Å². The molecule has 6 nitrogen and oxygen atoms in total. The molecule has 3 heterocycles. The summed E-state index contributed by atoms with van der Waals surface area (Å²) in [5.41, 5.74) is 4.78. The molecule has 1 N–H and O–H groups in total. The minimum atomic E-state index is 0.162. The van der Waals surface area contributed by atoms with Crippen molar-refractivity contribution in [2.75, 3.05) is 13.2 Å². The zero-order chi connectivity index (χ0) is 15.7. The van der Waals surface area contributed by atoms with Crippen LogP contribution in [-0.2, 0) is 25.4 Å². The van der Waals surface area contributed by atoms with Crippen molar-refractivity contribution in [2.24, 2.45) is 20.0 Å². The van der Waals surface area contributed by atoms with E-state index in [1.54, 1.807) is 0 Å². The third-order valence-corrected chi connectivity index (χ3v) is 4.56. The summed E-state index contributed by atoms with van der Waals surface area (Å²) in [4.78, 5) is 0. The van der Waals surface area contributed by atoms with E-state index >= 15 is 0 Å². The lowest BCUT2D eigenvalue weighted by Crippen LogP contribution is -2.25. The van der Waals surface area contributed by atoms with E-state index in [2.05, 4.69) is 29.4 Å². The zero-order valence-electron chi connectivity index (χ0n) is 13.8. The minimum Gasteiger partial charge on any atom is -0.373 e. The maximum absolute atomic E-state index is 6.02. The van der Waals surface area contributed by atoms with Crippen LogP contribution >= 0.6 is 0 Å². The molecule has 0 aromatic carbocycles. The van der Waals surface area contributed by atoms with E-state index in [1.165, 1.54) is 16.8 Å². The van der Waals surface area contributed by atoms with Gasteiger partial charge in [0.2, 0.25) is 0 Å². The molecule has 1 aliphatic rings. The van der Waals surface area contributed by atoms with E-state index in [-0.39, 0.29) is 6.10 Å². The fourth-order valence-electron chi connectivity index (χ4n) is 3.33. The van der Waals surface area contributed by atoms with Gasteiger partial charge in [-0.1, -0.05) is 0 Å². The van der Waals surface area contributed by atoms with Crippen molar-refractivity contribution >= 4 is 0 Å². The Kier molecular flexibility index (Phi) is 4.31. The summed E-state index contributed by atoms with van der Waals surface area (Å²) >= 11 is 0. The minimum absolute atomic E-state index is 0.162. The molecule has 0 amide bonds. The Morgan fingerprint density at radius 1 is 1.36 bits per heavy atom. The molecule has 0 spiro atoms. The molecule has 0 aliphatic carbocycles. The van der Waals surface area contributed by atoms with Gasteiger partial charge >= 0.3 is 0 Å². The van der Waals surface area contributed by atoms with Gasteiger partial charge in [0, 0.05) is 62.7 Å². The average molecular weight is 303 g/mol. The number of hydrogen-bond acceptors (Lipinski definition) is 4. The number of aromatic nitrogens is 4. The molecule has 1 aliphatic heterocycles. The Bertz CT molecular complexity index is 645. The molecule has 2 aromatic rings. The van der Waals surface area contributed by atoms with Gasteiger partial charge in [-0.2, -0.15) is 10.2 Å². The van der Waals surface area contributed by atoms with Crippen LogP contribution in [0.5, 0.6) is 0 Å². The van der Waals surface area contributed by atoms with E-state index < -0.39 is 0 Å². The van der Waals surface area contributed by atoms with E-state index in [1.807, 2.05) is 35.9 Å². The van der Waals surface area contributed by atoms with Gasteiger partial charge in [0.15, 0.2) is 0 Å². The Labute approximate surface area is 131 Å². The monoisotopic (exact) mass is 303 g/mol. The largest absolute Gasteiger partial charge is 0.373 e. The molecule has 22 heavy (non-hydrogen) atoms. The zero-order valence-corrected chi connectivity index (χ0v) is 13.8. The van der Waals surface area contributed by atoms with Crippen LogP contribution in [-0.4, -0.2) is 32.7 Å². The number of aryl methyl sites for hydroxylation is 3. The number of nitrogens with one attached hydrogen (secondary N) is 1. The van der Waals surface area contributed by atoms with Crippen molar-refractivity contribution in [1.29, 1.82) is 0 Å². The topological polar surface area (TPSA) is 56.9 Å². The Balaban J connectivity index is 1.63. The third kappa shape index (κ3) is 2.94. The molecule has 6 heteroatoms. The molecule has 120 valence electrons. The van der Waals surface area contributed by atoms with Crippen molar-refractivity contribution in [3.63, 3.8) is 0 Å². The van der Waals surface area contributed by atoms with Crippen molar-refractivity contribution in [1.82, 2.24) is 24.9 Å². The summed E-state index contributed by atoms with van der Waals surface area (Å²) in [7, 11) is 3.94. The average Bonchev–Trinajstić information content (AvgIpc) is 3.14. The maximum Gasteiger partial charge on any atom is 0.0901 e. The van der Waals surface area contributed by atoms with E-state index in [4.69, 9.17) is 4.74 Å². The van der Waals surface area contributed by atoms with Gasteiger partial charge in [-0.05, 0) is 20.3 Å². The first-order valence-electron chi connectivity index (χ1n) is 7.86. The summed E-state index contributed by atoms with van der Waals surface area (Å²) in [6.07, 6.45) is 5.21. The molecular weight excluding hydrogens is 278 g/mol. The highest BCUT2D eigenvalue weighted by Gasteiger charge is 2.33. The van der Waals surface area contributed by atoms with Crippen molar-refractivity contribution in [3.8, 4) is 0 Å². The fraction of sp³-hybridized carbons (Fsp3) is 0.625. The van der Waals surface area contributed by atoms with Crippen LogP contribution < -0.4 is 5.32 Å². The number of rotatable bonds is 5. The normalized spacial score (nSPS) is 21.6. The molecular formula is C16H25N5O. The standard InChI is InChI=1S/C16H25N5O/c1-11-15(12(2)21(4)19-11)16-14(5-6-22-16)9-17-7-13-8-18-20(3)10-13/h8,10,14,16-17H,5-7,9H2,1-4H3/t14-,16+/m0/s1. The van der Waals surface area contributed by atoms with E-state index in [9.17, 15) is 0 Å². The Morgan fingerprint density at radius 3 is 2.82 bits per heavy atom. The molecule has 1 fully saturated rings. The van der Waals surface area contributed by atoms with Gasteiger partial charge in [0.25, 0.3) is 0 Å². The van der Waals surface area contributed by atoms with Gasteiger partial charge in [-0.15, -0.1) is 0 Å². The first kappa shape index (κ1) is 15.2. The van der Waals surface area contributed by atoms with Crippen molar-refractivity contribution in [3.05, 3.63) is 34.9 Å². The second kappa shape index (κ2) is 6.22. The smallest absolute Gasteiger partial charge is 0.0901 e. The quantitative estimate of drug-likeness (QED) is 0.912. The molecule has 0 unspecified atom stereocenters. The lowest BCUT2D eigenvalue weighted by atomic mass is 9.94. The highest BCUT2D eigenvalue weighted by molar-refractivity contribution is 5.28. The van der Waals surface area contributed by atoms with Gasteiger partial charge in [0.05, 0.1) is 18.0 Å². The summed E-state index contributed by atoms with van der Waals surface area (Å²) < 4.78 is 9.81. The van der Waals surface area contributed by atoms with Crippen molar-refractivity contribution in [2.45, 2.75) is 32.9 Å². The molecule has 2 atom stereocenters. The third-order valence-electron chi connectivity index (χ3n) is 4.56. The van der Waals surface area contributed by atoms with Gasteiger partial charge in [-0.25, -0.2) is 0 Å². The van der Waals surface area contributed by atoms with Gasteiger partial charge < -0.3 is 10.1 Å². The Hall–Kier alpha value is -1.66. The van der Waals surface area contributed by atoms with Crippen LogP contribution in [0.15, 0.2) is 12.4 Å². The number of ether oxygens (including phenoxy) is 1. The number of hydrogen-bond donors (Lipinski definition) is 1. The first-order valence-corrected chi connectivity index (χ1v) is 7.86. The predicted molar refractivity (Wildman–Crippen MR) is 84.4 cm³/mol. The lowest BCUT2D eigenvalue weighted by molar-refractivity contribution is 0.0893. The molecule has 0 radical (unpaired) electrons. The SMILES string of the molecule is Cc1nn(C)c(C)c1[C@@H]1OCC[C@H]1CNCc1cnn(C)c1. The summed E-state index contributed by atoms with van der Waals surface area (Å²) in [6.45, 7) is 6.83. The van der Waals surface area contributed by atoms with Crippen LogP contribution in [0.4, 0.5) is 0 Å². The van der Waals surface area contributed by atoms with Crippen LogP contribution in [0.2, 0.25) is 0 Å². The molecule has 0 bridgehead atoms. The van der Waals surface area contributed by atoms with E-state index in [0.717, 1.165) is 31.8 Å². The summed E-state index contributed by atoms with van der Waals surface area (Å²) in [5.74, 6) is 0.498. The van der Waals surface area contributed by atoms with Crippen LogP contribution in [0.1, 0.15) is 35.0 Å². The second-order valence-electron chi connectivity index (χ2n) is 6.20. The maximum atomic E-state index is 6.02. The van der Waals surface area contributed by atoms with Crippen LogP contribution in [0.3, 0.4) is 0 Å². The second-order valence-corrected chi connectivity index (χ2v) is 6.20. The fourth-order valence-corrected chi connectivity index (χ4v) is 3.33. The lowest BCUT2D eigenvalue weighted by Gasteiger charge is -2.19.